The van der Waals surface area contributed by atoms with Gasteiger partial charge in [-0.25, -0.2) is 0 Å². The van der Waals surface area contributed by atoms with Gasteiger partial charge in [0.1, 0.15) is 5.76 Å². The fourth-order valence-electron chi connectivity index (χ4n) is 1.15. The van der Waals surface area contributed by atoms with Gasteiger partial charge >= 0.3 is 0 Å². The molecule has 1 heterocycles. The Morgan fingerprint density at radius 1 is 1.50 bits per heavy atom. The average Bonchev–Trinajstić information content (AvgIpc) is 2.34. The van der Waals surface area contributed by atoms with Crippen LogP contribution in [0.5, 0.6) is 0 Å². The maximum atomic E-state index is 5.89. The Bertz CT molecular complexity index is 244. The fourth-order valence-corrected chi connectivity index (χ4v) is 1.47. The maximum Gasteiger partial charge on any atom is 0.169 e. The third-order valence-electron chi connectivity index (χ3n) is 1.68. The highest BCUT2D eigenvalue weighted by Crippen LogP contribution is 2.23. The summed E-state index contributed by atoms with van der Waals surface area (Å²) in [5.41, 5.74) is 5.89. The number of hydrogen-bond acceptors (Lipinski definition) is 2. The topological polar surface area (TPSA) is 39.2 Å². The molecule has 1 aromatic rings. The predicted molar refractivity (Wildman–Crippen MR) is 52.8 cm³/mol. The molecule has 0 spiro atoms. The van der Waals surface area contributed by atoms with Crippen molar-refractivity contribution in [3.8, 4) is 0 Å². The summed E-state index contributed by atoms with van der Waals surface area (Å²) >= 11 is 3.24. The quantitative estimate of drug-likeness (QED) is 0.869. The van der Waals surface area contributed by atoms with E-state index in [0.717, 1.165) is 16.9 Å². The van der Waals surface area contributed by atoms with E-state index in [4.69, 9.17) is 10.2 Å². The molecule has 1 atom stereocenters. The number of halogens is 1. The Labute approximate surface area is 81.3 Å². The molecule has 0 unspecified atom stereocenters. The first kappa shape index (κ1) is 9.81. The summed E-state index contributed by atoms with van der Waals surface area (Å²) in [5, 5.41) is 0. The van der Waals surface area contributed by atoms with Gasteiger partial charge in [0.25, 0.3) is 0 Å². The van der Waals surface area contributed by atoms with Crippen LogP contribution in [0.3, 0.4) is 0 Å². The second-order valence-electron chi connectivity index (χ2n) is 3.38. The number of hydrogen-bond donors (Lipinski definition) is 1. The maximum absolute atomic E-state index is 5.89. The summed E-state index contributed by atoms with van der Waals surface area (Å²) in [6.45, 7) is 4.30. The summed E-state index contributed by atoms with van der Waals surface area (Å²) in [6, 6.07) is 3.81. The predicted octanol–water partition coefficient (Wildman–Crippen LogP) is 3.09. The molecule has 0 amide bonds. The molecule has 0 fully saturated rings. The Morgan fingerprint density at radius 3 is 2.58 bits per heavy atom. The molecule has 2 nitrogen and oxygen atoms in total. The molecule has 0 aliphatic carbocycles. The molecule has 0 aliphatic heterocycles. The van der Waals surface area contributed by atoms with Crippen LogP contribution in [-0.4, -0.2) is 0 Å². The van der Waals surface area contributed by atoms with E-state index in [9.17, 15) is 0 Å². The van der Waals surface area contributed by atoms with E-state index in [1.54, 1.807) is 0 Å². The second-order valence-corrected chi connectivity index (χ2v) is 4.16. The van der Waals surface area contributed by atoms with Crippen LogP contribution in [0.1, 0.15) is 32.1 Å². The molecule has 3 heteroatoms. The second kappa shape index (κ2) is 4.10. The van der Waals surface area contributed by atoms with Crippen molar-refractivity contribution < 1.29 is 4.42 Å². The van der Waals surface area contributed by atoms with Crippen LogP contribution in [0.25, 0.3) is 0 Å². The van der Waals surface area contributed by atoms with Gasteiger partial charge in [0.2, 0.25) is 0 Å². The molecule has 12 heavy (non-hydrogen) atoms. The van der Waals surface area contributed by atoms with Crippen molar-refractivity contribution in [3.05, 3.63) is 22.6 Å². The Kier molecular flexibility index (Phi) is 3.35. The van der Waals surface area contributed by atoms with Gasteiger partial charge in [-0.15, -0.1) is 0 Å². The summed E-state index contributed by atoms with van der Waals surface area (Å²) in [5.74, 6) is 1.46. The van der Waals surface area contributed by atoms with E-state index < -0.39 is 0 Å². The third-order valence-corrected chi connectivity index (χ3v) is 2.11. The van der Waals surface area contributed by atoms with Crippen LogP contribution in [0.2, 0.25) is 0 Å². The van der Waals surface area contributed by atoms with Gasteiger partial charge in [0, 0.05) is 0 Å². The van der Waals surface area contributed by atoms with Gasteiger partial charge < -0.3 is 10.2 Å². The molecule has 0 aliphatic rings. The van der Waals surface area contributed by atoms with Crippen LogP contribution in [0.4, 0.5) is 0 Å². The highest BCUT2D eigenvalue weighted by Gasteiger charge is 2.11. The Hall–Kier alpha value is -0.280. The highest BCUT2D eigenvalue weighted by molar-refractivity contribution is 9.10. The zero-order chi connectivity index (χ0) is 9.14. The van der Waals surface area contributed by atoms with E-state index in [-0.39, 0.29) is 6.04 Å². The van der Waals surface area contributed by atoms with Crippen molar-refractivity contribution in [1.29, 1.82) is 0 Å². The minimum Gasteiger partial charge on any atom is -0.453 e. The highest BCUT2D eigenvalue weighted by atomic mass is 79.9. The first-order chi connectivity index (χ1) is 5.59. The molecule has 0 saturated heterocycles. The molecule has 68 valence electrons. The van der Waals surface area contributed by atoms with Crippen LogP contribution in [0, 0.1) is 5.92 Å². The van der Waals surface area contributed by atoms with Crippen LogP contribution in [-0.2, 0) is 0 Å². The minimum absolute atomic E-state index is 0.0244. The summed E-state index contributed by atoms with van der Waals surface area (Å²) < 4.78 is 6.08. The lowest BCUT2D eigenvalue weighted by Gasteiger charge is -2.10. The van der Waals surface area contributed by atoms with E-state index in [2.05, 4.69) is 29.8 Å². The van der Waals surface area contributed by atoms with Gasteiger partial charge in [-0.1, -0.05) is 13.8 Å². The SMILES string of the molecule is CC(C)C[C@@H](N)c1ccc(Br)o1. The van der Waals surface area contributed by atoms with Gasteiger partial charge in [0.05, 0.1) is 6.04 Å². The molecule has 0 bridgehead atoms. The van der Waals surface area contributed by atoms with Crippen molar-refractivity contribution >= 4 is 15.9 Å². The van der Waals surface area contributed by atoms with Crippen molar-refractivity contribution in [2.75, 3.05) is 0 Å². The Balaban J connectivity index is 2.58. The summed E-state index contributed by atoms with van der Waals surface area (Å²) in [6.07, 6.45) is 0.958. The lowest BCUT2D eigenvalue weighted by Crippen LogP contribution is -2.11. The molecule has 1 rings (SSSR count). The molecule has 1 aromatic heterocycles. The standard InChI is InChI=1S/C9H14BrNO/c1-6(2)5-7(11)8-3-4-9(10)12-8/h3-4,6-7H,5,11H2,1-2H3/t7-/m1/s1. The number of furan rings is 1. The zero-order valence-electron chi connectivity index (χ0n) is 7.38. The van der Waals surface area contributed by atoms with Crippen molar-refractivity contribution in [1.82, 2.24) is 0 Å². The first-order valence-corrected chi connectivity index (χ1v) is 4.89. The van der Waals surface area contributed by atoms with Gasteiger partial charge in [0.15, 0.2) is 4.67 Å². The van der Waals surface area contributed by atoms with Crippen LogP contribution < -0.4 is 5.73 Å². The van der Waals surface area contributed by atoms with E-state index in [1.807, 2.05) is 12.1 Å². The average molecular weight is 232 g/mol. The van der Waals surface area contributed by atoms with Crippen LogP contribution >= 0.6 is 15.9 Å². The summed E-state index contributed by atoms with van der Waals surface area (Å²) in [4.78, 5) is 0. The molecule has 0 radical (unpaired) electrons. The molecule has 0 aromatic carbocycles. The lowest BCUT2D eigenvalue weighted by molar-refractivity contribution is 0.406. The minimum atomic E-state index is 0.0244. The zero-order valence-corrected chi connectivity index (χ0v) is 8.97. The van der Waals surface area contributed by atoms with Crippen molar-refractivity contribution in [3.63, 3.8) is 0 Å². The van der Waals surface area contributed by atoms with Crippen LogP contribution in [0.15, 0.2) is 21.2 Å². The molecule has 2 N–H and O–H groups in total. The largest absolute Gasteiger partial charge is 0.453 e. The monoisotopic (exact) mass is 231 g/mol. The summed E-state index contributed by atoms with van der Waals surface area (Å²) in [7, 11) is 0. The first-order valence-electron chi connectivity index (χ1n) is 4.10. The van der Waals surface area contributed by atoms with Gasteiger partial charge in [-0.3, -0.25) is 0 Å². The Morgan fingerprint density at radius 2 is 2.17 bits per heavy atom. The smallest absolute Gasteiger partial charge is 0.169 e. The molecule has 0 saturated carbocycles. The number of nitrogens with two attached hydrogens (primary N) is 1. The van der Waals surface area contributed by atoms with Gasteiger partial charge in [-0.2, -0.15) is 0 Å². The van der Waals surface area contributed by atoms with E-state index in [1.165, 1.54) is 0 Å². The van der Waals surface area contributed by atoms with E-state index in [0.29, 0.717) is 5.92 Å². The van der Waals surface area contributed by atoms with Crippen molar-refractivity contribution in [2.45, 2.75) is 26.3 Å². The number of rotatable bonds is 3. The van der Waals surface area contributed by atoms with Gasteiger partial charge in [-0.05, 0) is 40.4 Å². The fraction of sp³-hybridized carbons (Fsp3) is 0.556. The normalized spacial score (nSPS) is 13.8. The molecular weight excluding hydrogens is 218 g/mol. The van der Waals surface area contributed by atoms with Crippen molar-refractivity contribution in [2.24, 2.45) is 11.7 Å². The van der Waals surface area contributed by atoms with E-state index >= 15 is 0 Å². The molecular formula is C9H14BrNO. The third kappa shape index (κ3) is 2.64. The lowest BCUT2D eigenvalue weighted by atomic mass is 10.0.